The molecule has 0 bridgehead atoms. The highest BCUT2D eigenvalue weighted by atomic mass is 19.4. The molecule has 1 rings (SSSR count). The highest BCUT2D eigenvalue weighted by Crippen LogP contribution is 2.30. The van der Waals surface area contributed by atoms with Gasteiger partial charge in [0.25, 0.3) is 0 Å². The molecule has 0 saturated heterocycles. The van der Waals surface area contributed by atoms with E-state index in [4.69, 9.17) is 10.5 Å². The zero-order chi connectivity index (χ0) is 12.5. The summed E-state index contributed by atoms with van der Waals surface area (Å²) in [5, 5.41) is 3.96. The van der Waals surface area contributed by atoms with E-state index in [1.165, 1.54) is 4.68 Å². The van der Waals surface area contributed by atoms with Gasteiger partial charge in [0.15, 0.2) is 6.10 Å². The molecule has 0 amide bonds. The number of nitrogens with zero attached hydrogens (tertiary/aromatic N) is 2. The van der Waals surface area contributed by atoms with Gasteiger partial charge in [0.2, 0.25) is 5.88 Å². The normalized spacial score (nSPS) is 13.9. The third-order valence-electron chi connectivity index (χ3n) is 2.17. The Hall–Kier alpha value is -1.40. The van der Waals surface area contributed by atoms with Gasteiger partial charge in [0.05, 0.1) is 5.69 Å². The van der Waals surface area contributed by atoms with Crippen molar-refractivity contribution in [3.63, 3.8) is 0 Å². The van der Waals surface area contributed by atoms with Crippen molar-refractivity contribution in [2.45, 2.75) is 39.6 Å². The van der Waals surface area contributed by atoms with E-state index in [9.17, 15) is 13.2 Å². The van der Waals surface area contributed by atoms with Crippen molar-refractivity contribution >= 4 is 5.69 Å². The molecule has 0 aromatic carbocycles. The molecule has 92 valence electrons. The van der Waals surface area contributed by atoms with Crippen LogP contribution in [0.25, 0.3) is 0 Å². The van der Waals surface area contributed by atoms with E-state index < -0.39 is 12.3 Å². The van der Waals surface area contributed by atoms with Gasteiger partial charge in [-0.3, -0.25) is 0 Å². The van der Waals surface area contributed by atoms with Crippen LogP contribution in [0.15, 0.2) is 0 Å². The predicted octanol–water partition coefficient (Wildman–Crippen LogP) is 2.12. The average Bonchev–Trinajstić information content (AvgIpc) is 2.44. The third-order valence-corrected chi connectivity index (χ3v) is 2.17. The van der Waals surface area contributed by atoms with Crippen molar-refractivity contribution < 1.29 is 17.9 Å². The van der Waals surface area contributed by atoms with Crippen LogP contribution in [0.2, 0.25) is 0 Å². The summed E-state index contributed by atoms with van der Waals surface area (Å²) in [5.41, 5.74) is 6.21. The van der Waals surface area contributed by atoms with Gasteiger partial charge >= 0.3 is 6.18 Å². The maximum absolute atomic E-state index is 12.3. The first-order valence-corrected chi connectivity index (χ1v) is 4.83. The molecule has 0 fully saturated rings. The van der Waals surface area contributed by atoms with E-state index in [0.717, 1.165) is 6.92 Å². The molecule has 0 aliphatic rings. The van der Waals surface area contributed by atoms with Crippen LogP contribution in [0.3, 0.4) is 0 Å². The highest BCUT2D eigenvalue weighted by molar-refractivity contribution is 5.52. The van der Waals surface area contributed by atoms with Crippen LogP contribution < -0.4 is 10.5 Å². The summed E-state index contributed by atoms with van der Waals surface area (Å²) < 4.78 is 43.1. The molecule has 0 spiro atoms. The average molecular weight is 237 g/mol. The smallest absolute Gasteiger partial charge is 0.425 e. The molecule has 0 aliphatic carbocycles. The van der Waals surface area contributed by atoms with Crippen LogP contribution in [0, 0.1) is 6.92 Å². The van der Waals surface area contributed by atoms with Crippen LogP contribution in [0.5, 0.6) is 5.88 Å². The van der Waals surface area contributed by atoms with Gasteiger partial charge in [-0.2, -0.15) is 18.3 Å². The second-order valence-corrected chi connectivity index (χ2v) is 3.42. The van der Waals surface area contributed by atoms with Gasteiger partial charge in [0, 0.05) is 6.54 Å². The number of hydrogen-bond donors (Lipinski definition) is 1. The number of hydrogen-bond acceptors (Lipinski definition) is 3. The van der Waals surface area contributed by atoms with Gasteiger partial charge in [-0.1, -0.05) is 0 Å². The van der Waals surface area contributed by atoms with Crippen molar-refractivity contribution in [1.82, 2.24) is 9.78 Å². The highest BCUT2D eigenvalue weighted by Gasteiger charge is 2.39. The Morgan fingerprint density at radius 3 is 2.50 bits per heavy atom. The first kappa shape index (κ1) is 12.7. The summed E-state index contributed by atoms with van der Waals surface area (Å²) in [6, 6.07) is 0. The molecule has 1 heterocycles. The summed E-state index contributed by atoms with van der Waals surface area (Å²) in [5.74, 6) is -0.0233. The summed E-state index contributed by atoms with van der Waals surface area (Å²) in [4.78, 5) is 0. The monoisotopic (exact) mass is 237 g/mol. The van der Waals surface area contributed by atoms with Gasteiger partial charge in [0.1, 0.15) is 5.69 Å². The fourth-order valence-electron chi connectivity index (χ4n) is 1.15. The number of nitrogen functional groups attached to an aromatic ring is 1. The Labute approximate surface area is 91.2 Å². The molecule has 1 unspecified atom stereocenters. The lowest BCUT2D eigenvalue weighted by atomic mass is 10.4. The number of alkyl halides is 3. The Kier molecular flexibility index (Phi) is 3.35. The first-order valence-electron chi connectivity index (χ1n) is 4.83. The molecule has 0 saturated carbocycles. The van der Waals surface area contributed by atoms with E-state index in [1.54, 1.807) is 13.8 Å². The molecule has 0 radical (unpaired) electrons. The number of halogens is 3. The molecular formula is C9H14F3N3O. The van der Waals surface area contributed by atoms with Gasteiger partial charge in [-0.25, -0.2) is 4.68 Å². The summed E-state index contributed by atoms with van der Waals surface area (Å²) in [6.45, 7) is 4.70. The number of aromatic nitrogens is 2. The van der Waals surface area contributed by atoms with E-state index in [2.05, 4.69) is 5.10 Å². The number of nitrogens with two attached hydrogens (primary N) is 1. The SMILES string of the molecule is CCn1nc(C)c(N)c1OC(C)C(F)(F)F. The third kappa shape index (κ3) is 2.40. The van der Waals surface area contributed by atoms with Crippen LogP contribution >= 0.6 is 0 Å². The fraction of sp³-hybridized carbons (Fsp3) is 0.667. The molecule has 1 atom stereocenters. The van der Waals surface area contributed by atoms with Gasteiger partial charge < -0.3 is 10.5 Å². The number of ether oxygens (including phenoxy) is 1. The maximum Gasteiger partial charge on any atom is 0.425 e. The Balaban J connectivity index is 2.96. The topological polar surface area (TPSA) is 53.1 Å². The molecule has 2 N–H and O–H groups in total. The zero-order valence-corrected chi connectivity index (χ0v) is 9.30. The van der Waals surface area contributed by atoms with Crippen molar-refractivity contribution in [2.24, 2.45) is 0 Å². The van der Waals surface area contributed by atoms with Crippen molar-refractivity contribution in [2.75, 3.05) is 5.73 Å². The first-order chi connectivity index (χ1) is 7.27. The molecule has 0 aliphatic heterocycles. The minimum atomic E-state index is -4.41. The van der Waals surface area contributed by atoms with Crippen molar-refractivity contribution in [3.05, 3.63) is 5.69 Å². The Bertz CT molecular complexity index is 373. The van der Waals surface area contributed by atoms with Crippen LogP contribution in [0.1, 0.15) is 19.5 Å². The number of anilines is 1. The molecule has 1 aromatic heterocycles. The molecule has 16 heavy (non-hydrogen) atoms. The Morgan fingerprint density at radius 2 is 2.06 bits per heavy atom. The van der Waals surface area contributed by atoms with E-state index in [-0.39, 0.29) is 11.6 Å². The van der Waals surface area contributed by atoms with E-state index in [1.807, 2.05) is 0 Å². The largest absolute Gasteiger partial charge is 0.464 e. The van der Waals surface area contributed by atoms with Gasteiger partial charge in [-0.05, 0) is 20.8 Å². The van der Waals surface area contributed by atoms with Gasteiger partial charge in [-0.15, -0.1) is 0 Å². The zero-order valence-electron chi connectivity index (χ0n) is 9.30. The van der Waals surface area contributed by atoms with Crippen LogP contribution in [-0.4, -0.2) is 22.1 Å². The number of rotatable bonds is 3. The minimum absolute atomic E-state index is 0.0233. The summed E-state index contributed by atoms with van der Waals surface area (Å²) in [7, 11) is 0. The second-order valence-electron chi connectivity index (χ2n) is 3.42. The van der Waals surface area contributed by atoms with Crippen LogP contribution in [0.4, 0.5) is 18.9 Å². The quantitative estimate of drug-likeness (QED) is 0.876. The lowest BCUT2D eigenvalue weighted by Gasteiger charge is -2.18. The lowest BCUT2D eigenvalue weighted by molar-refractivity contribution is -0.190. The van der Waals surface area contributed by atoms with E-state index >= 15 is 0 Å². The van der Waals surface area contributed by atoms with E-state index in [0.29, 0.717) is 12.2 Å². The van der Waals surface area contributed by atoms with Crippen LogP contribution in [-0.2, 0) is 6.54 Å². The number of aryl methyl sites for hydroxylation is 2. The second kappa shape index (κ2) is 4.23. The predicted molar refractivity (Wildman–Crippen MR) is 53.2 cm³/mol. The summed E-state index contributed by atoms with van der Waals surface area (Å²) >= 11 is 0. The lowest BCUT2D eigenvalue weighted by Crippen LogP contribution is -2.32. The fourth-order valence-corrected chi connectivity index (χ4v) is 1.15. The minimum Gasteiger partial charge on any atom is -0.464 e. The van der Waals surface area contributed by atoms with Crippen molar-refractivity contribution in [1.29, 1.82) is 0 Å². The molecule has 1 aromatic rings. The van der Waals surface area contributed by atoms with Crippen molar-refractivity contribution in [3.8, 4) is 5.88 Å². The Morgan fingerprint density at radius 1 is 1.50 bits per heavy atom. The summed E-state index contributed by atoms with van der Waals surface area (Å²) in [6.07, 6.45) is -6.32. The molecule has 4 nitrogen and oxygen atoms in total. The standard InChI is InChI=1S/C9H14F3N3O/c1-4-15-8(7(13)5(2)14-15)16-6(3)9(10,11)12/h6H,4,13H2,1-3H3. The molecule has 7 heteroatoms. The maximum atomic E-state index is 12.3. The molecular weight excluding hydrogens is 223 g/mol.